The minimum Gasteiger partial charge on any atom is -0.468 e. The van der Waals surface area contributed by atoms with Crippen molar-refractivity contribution in [2.75, 3.05) is 20.2 Å². The third-order valence-electron chi connectivity index (χ3n) is 6.44. The lowest BCUT2D eigenvalue weighted by Crippen LogP contribution is -2.39. The van der Waals surface area contributed by atoms with Crippen molar-refractivity contribution in [2.45, 2.75) is 64.1 Å². The van der Waals surface area contributed by atoms with Gasteiger partial charge in [0.25, 0.3) is 0 Å². The number of piperidine rings is 1. The van der Waals surface area contributed by atoms with Crippen molar-refractivity contribution < 1.29 is 32.3 Å². The van der Waals surface area contributed by atoms with E-state index in [2.05, 4.69) is 10.8 Å². The number of allylic oxidation sites excluding steroid dienone is 2. The molecule has 34 heavy (non-hydrogen) atoms. The normalized spacial score (nSPS) is 18.1. The maximum absolute atomic E-state index is 13.4. The zero-order chi connectivity index (χ0) is 24.7. The molecular formula is C25H31F3N2O4. The van der Waals surface area contributed by atoms with E-state index < -0.39 is 30.2 Å². The molecule has 1 aliphatic heterocycles. The molecule has 1 aromatic carbocycles. The summed E-state index contributed by atoms with van der Waals surface area (Å²) < 4.78 is 44.7. The van der Waals surface area contributed by atoms with Gasteiger partial charge in [-0.15, -0.1) is 0 Å². The maximum Gasteiger partial charge on any atom is 0.416 e. The summed E-state index contributed by atoms with van der Waals surface area (Å²) in [7, 11) is 1.15. The van der Waals surface area contributed by atoms with Gasteiger partial charge >= 0.3 is 12.1 Å². The predicted octanol–water partition coefficient (Wildman–Crippen LogP) is 4.68. The zero-order valence-electron chi connectivity index (χ0n) is 19.4. The van der Waals surface area contributed by atoms with E-state index in [0.717, 1.165) is 55.9 Å². The van der Waals surface area contributed by atoms with Gasteiger partial charge in [-0.25, -0.2) is 0 Å². The number of hydrogen-bond donors (Lipinski definition) is 0. The van der Waals surface area contributed by atoms with E-state index in [1.807, 2.05) is 4.90 Å². The Morgan fingerprint density at radius 1 is 1.12 bits per heavy atom. The Balaban J connectivity index is 1.62. The van der Waals surface area contributed by atoms with Gasteiger partial charge < -0.3 is 14.5 Å². The van der Waals surface area contributed by atoms with Crippen molar-refractivity contribution in [3.8, 4) is 0 Å². The first-order valence-corrected chi connectivity index (χ1v) is 11.7. The van der Waals surface area contributed by atoms with Gasteiger partial charge in [0.15, 0.2) is 0 Å². The van der Waals surface area contributed by atoms with E-state index in [9.17, 15) is 27.6 Å². The lowest BCUT2D eigenvalue weighted by Gasteiger charge is -2.38. The smallest absolute Gasteiger partial charge is 0.416 e. The van der Waals surface area contributed by atoms with Crippen LogP contribution in [0.5, 0.6) is 0 Å². The van der Waals surface area contributed by atoms with Crippen molar-refractivity contribution in [2.24, 2.45) is 5.92 Å². The third kappa shape index (κ3) is 6.61. The number of amides is 2. The molecule has 0 radical (unpaired) electrons. The highest BCUT2D eigenvalue weighted by molar-refractivity contribution is 5.83. The molecule has 1 aromatic rings. The van der Waals surface area contributed by atoms with Gasteiger partial charge in [-0.1, -0.05) is 24.3 Å². The number of hydrogen-bond acceptors (Lipinski definition) is 4. The molecule has 2 aliphatic rings. The van der Waals surface area contributed by atoms with E-state index in [-0.39, 0.29) is 37.3 Å². The molecule has 0 bridgehead atoms. The number of esters is 1. The second kappa shape index (κ2) is 11.5. The summed E-state index contributed by atoms with van der Waals surface area (Å²) in [5, 5.41) is 0. The molecule has 0 saturated carbocycles. The standard InChI is InChI=1S/C25H31F3N2O4/c1-34-24(33)17-29(16-19-9-2-4-11-20(19)25(26,27)28)22(31)13-6-14-23(32)30-15-7-10-18-8-3-5-12-21(18)30/h2,4,9,11-12,18H,3,5-8,10,13-17H2,1H3. The average Bonchev–Trinajstić information content (AvgIpc) is 2.82. The van der Waals surface area contributed by atoms with Crippen LogP contribution in [-0.4, -0.2) is 47.8 Å². The monoisotopic (exact) mass is 480 g/mol. The minimum atomic E-state index is -4.58. The molecule has 1 aliphatic carbocycles. The van der Waals surface area contributed by atoms with E-state index in [4.69, 9.17) is 0 Å². The van der Waals surface area contributed by atoms with Gasteiger partial charge in [0.2, 0.25) is 11.8 Å². The molecule has 9 heteroatoms. The van der Waals surface area contributed by atoms with Crippen LogP contribution in [0.4, 0.5) is 13.2 Å². The topological polar surface area (TPSA) is 66.9 Å². The number of fused-ring (bicyclic) bond motifs is 1. The highest BCUT2D eigenvalue weighted by Gasteiger charge is 2.34. The predicted molar refractivity (Wildman–Crippen MR) is 119 cm³/mol. The molecule has 0 aromatic heterocycles. The fraction of sp³-hybridized carbons (Fsp3) is 0.560. The zero-order valence-corrected chi connectivity index (χ0v) is 19.4. The van der Waals surface area contributed by atoms with Crippen LogP contribution in [-0.2, 0) is 31.8 Å². The van der Waals surface area contributed by atoms with Crippen LogP contribution < -0.4 is 0 Å². The summed E-state index contributed by atoms with van der Waals surface area (Å²) in [6.45, 7) is -0.160. The summed E-state index contributed by atoms with van der Waals surface area (Å²) in [6.07, 6.45) is 3.19. The van der Waals surface area contributed by atoms with Crippen LogP contribution in [0, 0.1) is 5.92 Å². The fourth-order valence-corrected chi connectivity index (χ4v) is 4.72. The summed E-state index contributed by atoms with van der Waals surface area (Å²) in [5.74, 6) is -0.828. The number of alkyl halides is 3. The average molecular weight is 481 g/mol. The molecule has 6 nitrogen and oxygen atoms in total. The molecule has 1 heterocycles. The van der Waals surface area contributed by atoms with Crippen molar-refractivity contribution in [1.82, 2.24) is 9.80 Å². The van der Waals surface area contributed by atoms with Gasteiger partial charge in [0, 0.05) is 31.6 Å². The Morgan fingerprint density at radius 2 is 1.85 bits per heavy atom. The molecule has 1 atom stereocenters. The molecule has 0 N–H and O–H groups in total. The Labute approximate surface area is 197 Å². The maximum atomic E-state index is 13.4. The van der Waals surface area contributed by atoms with E-state index in [0.29, 0.717) is 12.5 Å². The number of rotatable bonds is 8. The van der Waals surface area contributed by atoms with Gasteiger partial charge in [-0.05, 0) is 56.1 Å². The quantitative estimate of drug-likeness (QED) is 0.507. The third-order valence-corrected chi connectivity index (χ3v) is 6.44. The number of halogens is 3. The van der Waals surface area contributed by atoms with E-state index in [1.165, 1.54) is 18.2 Å². The van der Waals surface area contributed by atoms with Crippen LogP contribution in [0.25, 0.3) is 0 Å². The van der Waals surface area contributed by atoms with Gasteiger partial charge in [-0.3, -0.25) is 14.4 Å². The first-order chi connectivity index (χ1) is 16.2. The summed E-state index contributed by atoms with van der Waals surface area (Å²) in [6, 6.07) is 4.96. The number of nitrogens with zero attached hydrogens (tertiary/aromatic N) is 2. The first kappa shape index (κ1) is 25.8. The molecule has 1 unspecified atom stereocenters. The Bertz CT molecular complexity index is 929. The van der Waals surface area contributed by atoms with Crippen molar-refractivity contribution in [3.63, 3.8) is 0 Å². The lowest BCUT2D eigenvalue weighted by molar-refractivity contribution is -0.148. The Hall–Kier alpha value is -2.84. The molecule has 3 rings (SSSR count). The SMILES string of the molecule is COC(=O)CN(Cc1ccccc1C(F)(F)F)C(=O)CCCC(=O)N1CCCC2CCCC=C21. The highest BCUT2D eigenvalue weighted by Crippen LogP contribution is 2.35. The Kier molecular flexibility index (Phi) is 8.74. The van der Waals surface area contributed by atoms with Crippen LogP contribution >= 0.6 is 0 Å². The molecule has 0 spiro atoms. The highest BCUT2D eigenvalue weighted by atomic mass is 19.4. The van der Waals surface area contributed by atoms with Crippen LogP contribution in [0.2, 0.25) is 0 Å². The lowest BCUT2D eigenvalue weighted by atomic mass is 9.85. The fourth-order valence-electron chi connectivity index (χ4n) is 4.72. The number of benzene rings is 1. The molecule has 2 amide bonds. The molecule has 186 valence electrons. The Morgan fingerprint density at radius 3 is 2.59 bits per heavy atom. The van der Waals surface area contributed by atoms with Gasteiger partial charge in [0.1, 0.15) is 6.54 Å². The van der Waals surface area contributed by atoms with Crippen molar-refractivity contribution in [3.05, 3.63) is 47.2 Å². The number of likely N-dealkylation sites (tertiary alicyclic amines) is 1. The van der Waals surface area contributed by atoms with E-state index in [1.54, 1.807) is 0 Å². The summed E-state index contributed by atoms with van der Waals surface area (Å²) in [5.41, 5.74) is 0.144. The minimum absolute atomic E-state index is 0.0346. The van der Waals surface area contributed by atoms with Crippen LogP contribution in [0.15, 0.2) is 36.0 Å². The first-order valence-electron chi connectivity index (χ1n) is 11.7. The summed E-state index contributed by atoms with van der Waals surface area (Å²) in [4.78, 5) is 40.4. The van der Waals surface area contributed by atoms with Crippen molar-refractivity contribution in [1.29, 1.82) is 0 Å². The van der Waals surface area contributed by atoms with Crippen LogP contribution in [0.3, 0.4) is 0 Å². The van der Waals surface area contributed by atoms with E-state index >= 15 is 0 Å². The molecular weight excluding hydrogens is 449 g/mol. The van der Waals surface area contributed by atoms with Gasteiger partial charge in [0.05, 0.1) is 12.7 Å². The largest absolute Gasteiger partial charge is 0.468 e. The molecule has 1 saturated heterocycles. The summed E-state index contributed by atoms with van der Waals surface area (Å²) >= 11 is 0. The van der Waals surface area contributed by atoms with Gasteiger partial charge in [-0.2, -0.15) is 13.2 Å². The number of carbonyl (C=O) groups excluding carboxylic acids is 3. The number of ether oxygens (including phenoxy) is 1. The number of carbonyl (C=O) groups is 3. The van der Waals surface area contributed by atoms with Crippen LogP contribution in [0.1, 0.15) is 62.5 Å². The second-order valence-electron chi connectivity index (χ2n) is 8.78. The second-order valence-corrected chi connectivity index (χ2v) is 8.78. The van der Waals surface area contributed by atoms with Crippen molar-refractivity contribution >= 4 is 17.8 Å². The molecule has 1 fully saturated rings. The number of methoxy groups -OCH3 is 1.